The summed E-state index contributed by atoms with van der Waals surface area (Å²) in [7, 11) is 0. The first-order valence-electron chi connectivity index (χ1n) is 9.55. The maximum absolute atomic E-state index is 13.2. The van der Waals surface area contributed by atoms with Crippen molar-refractivity contribution in [2.45, 2.75) is 39.2 Å². The van der Waals surface area contributed by atoms with Crippen LogP contribution in [-0.4, -0.2) is 29.0 Å². The summed E-state index contributed by atoms with van der Waals surface area (Å²) in [6.07, 6.45) is 0.796. The van der Waals surface area contributed by atoms with Crippen molar-refractivity contribution in [2.24, 2.45) is 5.92 Å². The zero-order valence-electron chi connectivity index (χ0n) is 16.0. The average Bonchev–Trinajstić information content (AvgIpc) is 2.66. The molecule has 0 saturated carbocycles. The Morgan fingerprint density at radius 3 is 2.26 bits per heavy atom. The summed E-state index contributed by atoms with van der Waals surface area (Å²) in [6, 6.07) is 15.8. The highest BCUT2D eigenvalue weighted by atomic mass is 35.5. The number of halogens is 2. The molecule has 144 valence electrons. The Morgan fingerprint density at radius 1 is 1.00 bits per heavy atom. The first-order valence-corrected chi connectivity index (χ1v) is 10.3. The zero-order chi connectivity index (χ0) is 19.6. The first kappa shape index (κ1) is 20.2. The van der Waals surface area contributed by atoms with Crippen LogP contribution >= 0.6 is 23.2 Å². The van der Waals surface area contributed by atoms with E-state index in [1.165, 1.54) is 5.56 Å². The maximum Gasteiger partial charge on any atom is 0.240 e. The Bertz CT molecular complexity index is 789. The summed E-state index contributed by atoms with van der Waals surface area (Å²) in [5, 5.41) is 5.53. The van der Waals surface area contributed by atoms with Gasteiger partial charge in [-0.15, -0.1) is 0 Å². The van der Waals surface area contributed by atoms with Crippen LogP contribution < -0.4 is 0 Å². The van der Waals surface area contributed by atoms with Gasteiger partial charge in [0.25, 0.3) is 0 Å². The molecule has 2 aromatic rings. The monoisotopic (exact) mass is 404 g/mol. The number of carbonyl (C=O) groups is 1. The number of hydrogen-bond acceptors (Lipinski definition) is 2. The topological polar surface area (TPSA) is 23.6 Å². The second kappa shape index (κ2) is 8.64. The van der Waals surface area contributed by atoms with Gasteiger partial charge in [0.15, 0.2) is 0 Å². The van der Waals surface area contributed by atoms with Crippen LogP contribution in [0.1, 0.15) is 50.3 Å². The van der Waals surface area contributed by atoms with Gasteiger partial charge >= 0.3 is 0 Å². The molecule has 1 amide bonds. The highest BCUT2D eigenvalue weighted by molar-refractivity contribution is 6.30. The molecule has 0 bridgehead atoms. The first-order chi connectivity index (χ1) is 13.0. The molecule has 0 radical (unpaired) electrons. The normalized spacial score (nSPS) is 23.1. The number of hydrogen-bond donors (Lipinski definition) is 0. The van der Waals surface area contributed by atoms with Crippen LogP contribution in [0.15, 0.2) is 48.5 Å². The van der Waals surface area contributed by atoms with Gasteiger partial charge in [-0.25, -0.2) is 5.01 Å². The molecule has 5 heteroatoms. The molecule has 0 spiro atoms. The number of benzene rings is 2. The quantitative estimate of drug-likeness (QED) is 0.614. The van der Waals surface area contributed by atoms with Gasteiger partial charge in [0, 0.05) is 35.0 Å². The number of piperidine rings is 1. The van der Waals surface area contributed by atoms with E-state index in [0.29, 0.717) is 5.02 Å². The van der Waals surface area contributed by atoms with Crippen molar-refractivity contribution in [2.75, 3.05) is 13.1 Å². The molecule has 1 fully saturated rings. The van der Waals surface area contributed by atoms with E-state index in [1.54, 1.807) is 0 Å². The fourth-order valence-corrected chi connectivity index (χ4v) is 4.40. The fraction of sp³-hybridized carbons (Fsp3) is 0.409. The molecule has 1 aliphatic heterocycles. The standard InChI is InChI=1S/C22H26Cl2N2O/c1-4-25(5-2)26-21(16-9-11-18(23)12-10-16)20(13-15(3)22(26)27)17-7-6-8-19(24)14-17/h6-12,14-15,20-21H,4-5,13H2,1-3H3. The third kappa shape index (κ3) is 4.16. The SMILES string of the molecule is CCN(CC)N1C(=O)C(C)CC(c2cccc(Cl)c2)C1c1ccc(Cl)cc1. The summed E-state index contributed by atoms with van der Waals surface area (Å²) in [5.41, 5.74) is 2.26. The van der Waals surface area contributed by atoms with Gasteiger partial charge in [-0.3, -0.25) is 9.80 Å². The van der Waals surface area contributed by atoms with E-state index in [0.717, 1.165) is 30.1 Å². The van der Waals surface area contributed by atoms with Crippen molar-refractivity contribution >= 4 is 29.1 Å². The summed E-state index contributed by atoms with van der Waals surface area (Å²) >= 11 is 12.4. The molecule has 3 rings (SSSR count). The van der Waals surface area contributed by atoms with Crippen molar-refractivity contribution in [3.8, 4) is 0 Å². The lowest BCUT2D eigenvalue weighted by atomic mass is 9.77. The van der Waals surface area contributed by atoms with E-state index < -0.39 is 0 Å². The van der Waals surface area contributed by atoms with Crippen molar-refractivity contribution in [3.63, 3.8) is 0 Å². The smallest absolute Gasteiger partial charge is 0.240 e. The molecular formula is C22H26Cl2N2O. The number of nitrogens with zero attached hydrogens (tertiary/aromatic N) is 2. The van der Waals surface area contributed by atoms with Crippen LogP contribution in [-0.2, 0) is 4.79 Å². The molecule has 2 aromatic carbocycles. The number of amides is 1. The molecule has 1 aliphatic rings. The predicted octanol–water partition coefficient (Wildman–Crippen LogP) is 5.94. The van der Waals surface area contributed by atoms with Gasteiger partial charge in [-0.1, -0.05) is 68.2 Å². The second-order valence-electron chi connectivity index (χ2n) is 7.12. The van der Waals surface area contributed by atoms with E-state index in [4.69, 9.17) is 23.2 Å². The summed E-state index contributed by atoms with van der Waals surface area (Å²) in [6.45, 7) is 7.75. The van der Waals surface area contributed by atoms with Crippen LogP contribution in [0, 0.1) is 5.92 Å². The van der Waals surface area contributed by atoms with Crippen LogP contribution in [0.3, 0.4) is 0 Å². The van der Waals surface area contributed by atoms with Gasteiger partial charge in [-0.2, -0.15) is 0 Å². The third-order valence-electron chi connectivity index (χ3n) is 5.42. The van der Waals surface area contributed by atoms with Gasteiger partial charge in [-0.05, 0) is 41.8 Å². The maximum atomic E-state index is 13.2. The van der Waals surface area contributed by atoms with Gasteiger partial charge < -0.3 is 0 Å². The Balaban J connectivity index is 2.14. The minimum atomic E-state index is -0.0793. The number of carbonyl (C=O) groups excluding carboxylic acids is 1. The van der Waals surface area contributed by atoms with Crippen LogP contribution in [0.25, 0.3) is 0 Å². The molecule has 1 heterocycles. The minimum Gasteiger partial charge on any atom is -0.273 e. The lowest BCUT2D eigenvalue weighted by Gasteiger charge is -2.48. The summed E-state index contributed by atoms with van der Waals surface area (Å²) in [4.78, 5) is 13.2. The zero-order valence-corrected chi connectivity index (χ0v) is 17.5. The highest BCUT2D eigenvalue weighted by Gasteiger charge is 2.43. The summed E-state index contributed by atoms with van der Waals surface area (Å²) < 4.78 is 0. The molecule has 3 atom stereocenters. The molecule has 3 nitrogen and oxygen atoms in total. The lowest BCUT2D eigenvalue weighted by molar-refractivity contribution is -0.168. The number of hydrazine groups is 1. The molecule has 0 N–H and O–H groups in total. The Kier molecular flexibility index (Phi) is 6.46. The van der Waals surface area contributed by atoms with Crippen molar-refractivity contribution < 1.29 is 4.79 Å². The van der Waals surface area contributed by atoms with Gasteiger partial charge in [0.1, 0.15) is 0 Å². The molecule has 27 heavy (non-hydrogen) atoms. The molecule has 3 unspecified atom stereocenters. The Labute approximate surface area is 171 Å². The Hall–Kier alpha value is -1.55. The van der Waals surface area contributed by atoms with E-state index in [-0.39, 0.29) is 23.8 Å². The largest absolute Gasteiger partial charge is 0.273 e. The van der Waals surface area contributed by atoms with E-state index >= 15 is 0 Å². The predicted molar refractivity (Wildman–Crippen MR) is 112 cm³/mol. The van der Waals surface area contributed by atoms with E-state index in [1.807, 2.05) is 54.4 Å². The van der Waals surface area contributed by atoms with Crippen LogP contribution in [0.5, 0.6) is 0 Å². The minimum absolute atomic E-state index is 0.0434. The average molecular weight is 405 g/mol. The molecule has 0 aliphatic carbocycles. The van der Waals surface area contributed by atoms with Crippen LogP contribution in [0.2, 0.25) is 10.0 Å². The van der Waals surface area contributed by atoms with E-state index in [9.17, 15) is 4.79 Å². The molecule has 1 saturated heterocycles. The van der Waals surface area contributed by atoms with E-state index in [2.05, 4.69) is 24.9 Å². The molecular weight excluding hydrogens is 379 g/mol. The lowest BCUT2D eigenvalue weighted by Crippen LogP contribution is -2.54. The summed E-state index contributed by atoms with van der Waals surface area (Å²) in [5.74, 6) is 0.299. The van der Waals surface area contributed by atoms with Crippen molar-refractivity contribution in [3.05, 3.63) is 69.7 Å². The van der Waals surface area contributed by atoms with Gasteiger partial charge in [0.05, 0.1) is 6.04 Å². The van der Waals surface area contributed by atoms with Crippen LogP contribution in [0.4, 0.5) is 0 Å². The van der Waals surface area contributed by atoms with Gasteiger partial charge in [0.2, 0.25) is 5.91 Å². The second-order valence-corrected chi connectivity index (χ2v) is 7.99. The molecule has 0 aromatic heterocycles. The fourth-order valence-electron chi connectivity index (χ4n) is 4.08. The van der Waals surface area contributed by atoms with Crippen molar-refractivity contribution in [1.82, 2.24) is 10.0 Å². The highest BCUT2D eigenvalue weighted by Crippen LogP contribution is 2.46. The third-order valence-corrected chi connectivity index (χ3v) is 5.91. The Morgan fingerprint density at radius 2 is 1.67 bits per heavy atom. The number of rotatable bonds is 5. The van der Waals surface area contributed by atoms with Crippen molar-refractivity contribution in [1.29, 1.82) is 0 Å².